The number of halogens is 3. The molecule has 10 nitrogen and oxygen atoms in total. The minimum Gasteiger partial charge on any atom is -0.490 e. The van der Waals surface area contributed by atoms with Crippen LogP contribution >= 0.6 is 11.3 Å². The molecule has 250 valence electrons. The van der Waals surface area contributed by atoms with Gasteiger partial charge in [0.15, 0.2) is 5.82 Å². The van der Waals surface area contributed by atoms with E-state index in [1.165, 1.54) is 12.1 Å². The zero-order valence-corrected chi connectivity index (χ0v) is 27.6. The first-order chi connectivity index (χ1) is 23.0. The van der Waals surface area contributed by atoms with Crippen molar-refractivity contribution in [1.82, 2.24) is 19.8 Å². The van der Waals surface area contributed by atoms with Gasteiger partial charge in [0.1, 0.15) is 59.4 Å². The second-order valence-electron chi connectivity index (χ2n) is 13.4. The van der Waals surface area contributed by atoms with E-state index < -0.39 is 29.4 Å². The molecule has 4 aromatic rings. The lowest BCUT2D eigenvalue weighted by molar-refractivity contribution is -0.127. The molecule has 4 atom stereocenters. The standard InChI is InChI=1S/C34H34F3N7O3S/c1-16-14-46-28-17(2)23(19-5-6-21(36)29-24(19)20(12-38)30(39)48-29)26(37)27-25(28)31(44(16)22-7-10-42(3)32(22)45)41-33(40-27)47-15-34-8-4-9-43(34)13-18(35)11-34/h5-6,16,18,22H,4,7-11,13-15,39H2,1-3H3/t16-,18+,22-,34-/m0/s1. The minimum absolute atomic E-state index is 0.0642. The number of thiophene rings is 1. The maximum atomic E-state index is 17.3. The summed E-state index contributed by atoms with van der Waals surface area (Å²) in [4.78, 5) is 28.5. The van der Waals surface area contributed by atoms with Crippen LogP contribution in [0.3, 0.4) is 0 Å². The maximum absolute atomic E-state index is 17.3. The van der Waals surface area contributed by atoms with Crippen molar-refractivity contribution < 1.29 is 27.4 Å². The number of carbonyl (C=O) groups excluding carboxylic acids is 1. The number of likely N-dealkylation sites (tertiary alicyclic amines) is 1. The number of nitrogen functional groups attached to an aromatic ring is 1. The molecule has 48 heavy (non-hydrogen) atoms. The topological polar surface area (TPSA) is 121 Å². The van der Waals surface area contributed by atoms with E-state index in [2.05, 4.69) is 16.0 Å². The molecule has 2 aromatic carbocycles. The Morgan fingerprint density at radius 3 is 2.81 bits per heavy atom. The van der Waals surface area contributed by atoms with E-state index in [9.17, 15) is 14.4 Å². The molecule has 3 fully saturated rings. The number of benzene rings is 2. The quantitative estimate of drug-likeness (QED) is 0.299. The summed E-state index contributed by atoms with van der Waals surface area (Å²) in [6.45, 7) is 5.58. The molecule has 8 rings (SSSR count). The number of alkyl halides is 1. The van der Waals surface area contributed by atoms with Gasteiger partial charge in [-0.25, -0.2) is 13.2 Å². The van der Waals surface area contributed by atoms with Crippen LogP contribution in [0.2, 0.25) is 0 Å². The number of aromatic nitrogens is 2. The van der Waals surface area contributed by atoms with Crippen molar-refractivity contribution in [3.8, 4) is 29.0 Å². The van der Waals surface area contributed by atoms with Gasteiger partial charge in [-0.3, -0.25) is 9.69 Å². The zero-order chi connectivity index (χ0) is 33.6. The summed E-state index contributed by atoms with van der Waals surface area (Å²) in [5.41, 5.74) is 6.36. The molecule has 1 amide bonds. The second-order valence-corrected chi connectivity index (χ2v) is 14.5. The van der Waals surface area contributed by atoms with Gasteiger partial charge in [0.25, 0.3) is 0 Å². The number of carbonyl (C=O) groups is 1. The predicted octanol–water partition coefficient (Wildman–Crippen LogP) is 5.33. The van der Waals surface area contributed by atoms with Crippen LogP contribution in [0.15, 0.2) is 12.1 Å². The number of ether oxygens (including phenoxy) is 2. The molecule has 0 radical (unpaired) electrons. The summed E-state index contributed by atoms with van der Waals surface area (Å²) in [6.07, 6.45) is 1.60. The Bertz CT molecular complexity index is 2070. The third kappa shape index (κ3) is 4.43. The number of anilines is 2. The van der Waals surface area contributed by atoms with E-state index in [0.29, 0.717) is 48.4 Å². The first kappa shape index (κ1) is 31.0. The third-order valence-electron chi connectivity index (χ3n) is 10.6. The van der Waals surface area contributed by atoms with Crippen LogP contribution in [0.25, 0.3) is 32.1 Å². The Labute approximate surface area is 278 Å². The van der Waals surface area contributed by atoms with Crippen molar-refractivity contribution in [2.75, 3.05) is 50.5 Å². The van der Waals surface area contributed by atoms with Gasteiger partial charge < -0.3 is 25.0 Å². The third-order valence-corrected chi connectivity index (χ3v) is 11.6. The summed E-state index contributed by atoms with van der Waals surface area (Å²) in [5.74, 6) is -0.749. The number of hydrogen-bond donors (Lipinski definition) is 1. The number of nitriles is 1. The number of amides is 1. The van der Waals surface area contributed by atoms with Gasteiger partial charge >= 0.3 is 6.01 Å². The monoisotopic (exact) mass is 677 g/mol. The number of hydrogen-bond acceptors (Lipinski definition) is 10. The van der Waals surface area contributed by atoms with Gasteiger partial charge in [0.05, 0.1) is 27.2 Å². The van der Waals surface area contributed by atoms with Crippen LogP contribution < -0.4 is 20.1 Å². The summed E-state index contributed by atoms with van der Waals surface area (Å²) >= 11 is 0.932. The summed E-state index contributed by atoms with van der Waals surface area (Å²) in [7, 11) is 1.75. The van der Waals surface area contributed by atoms with Crippen molar-refractivity contribution in [3.63, 3.8) is 0 Å². The Hall–Kier alpha value is -4.35. The number of rotatable bonds is 5. The van der Waals surface area contributed by atoms with Crippen molar-refractivity contribution in [1.29, 1.82) is 5.26 Å². The lowest BCUT2D eigenvalue weighted by Crippen LogP contribution is -2.48. The highest BCUT2D eigenvalue weighted by atomic mass is 32.1. The van der Waals surface area contributed by atoms with Crippen LogP contribution in [0.1, 0.15) is 43.7 Å². The highest BCUT2D eigenvalue weighted by Crippen LogP contribution is 2.49. The Balaban J connectivity index is 1.37. The molecule has 4 aliphatic rings. The molecule has 0 unspecified atom stereocenters. The van der Waals surface area contributed by atoms with Crippen molar-refractivity contribution in [2.24, 2.45) is 0 Å². The zero-order valence-electron chi connectivity index (χ0n) is 26.8. The SMILES string of the molecule is Cc1c(-c2ccc(F)c3sc(N)c(C#N)c23)c(F)c2nc(OC[C@@]34CCCN3C[C@H](F)C4)nc3c2c1OC[C@H](C)N3[C@H]1CCN(C)C1=O. The molecule has 4 aliphatic heterocycles. The van der Waals surface area contributed by atoms with E-state index in [0.717, 1.165) is 30.7 Å². The Kier molecular flexibility index (Phi) is 7.16. The Morgan fingerprint density at radius 2 is 2.06 bits per heavy atom. The normalized spacial score (nSPS) is 25.5. The summed E-state index contributed by atoms with van der Waals surface area (Å²) in [5, 5.41) is 10.6. The number of nitrogens with two attached hydrogens (primary N) is 1. The highest BCUT2D eigenvalue weighted by molar-refractivity contribution is 7.23. The predicted molar refractivity (Wildman–Crippen MR) is 176 cm³/mol. The maximum Gasteiger partial charge on any atom is 0.319 e. The van der Waals surface area contributed by atoms with Crippen LogP contribution in [0, 0.1) is 29.9 Å². The summed E-state index contributed by atoms with van der Waals surface area (Å²) < 4.78 is 59.8. The molecular weight excluding hydrogens is 643 g/mol. The van der Waals surface area contributed by atoms with E-state index in [1.807, 2.05) is 11.8 Å². The molecular formula is C34H34F3N7O3S. The Morgan fingerprint density at radius 1 is 1.25 bits per heavy atom. The number of likely N-dealkylation sites (N-methyl/N-ethyl adjacent to an activating group) is 1. The van der Waals surface area contributed by atoms with Gasteiger partial charge in [0.2, 0.25) is 5.91 Å². The van der Waals surface area contributed by atoms with Gasteiger partial charge in [0, 0.05) is 43.1 Å². The molecule has 0 saturated carbocycles. The molecule has 6 heterocycles. The number of nitrogens with zero attached hydrogens (tertiary/aromatic N) is 6. The van der Waals surface area contributed by atoms with Crippen molar-refractivity contribution in [2.45, 2.75) is 63.3 Å². The molecule has 2 N–H and O–H groups in total. The van der Waals surface area contributed by atoms with Crippen molar-refractivity contribution >= 4 is 49.1 Å². The van der Waals surface area contributed by atoms with E-state index in [-0.39, 0.29) is 68.5 Å². The van der Waals surface area contributed by atoms with Gasteiger partial charge in [-0.05, 0) is 51.3 Å². The largest absolute Gasteiger partial charge is 0.490 e. The van der Waals surface area contributed by atoms with Gasteiger partial charge in [-0.15, -0.1) is 11.3 Å². The second kappa shape index (κ2) is 11.1. The average molecular weight is 678 g/mol. The molecule has 0 aliphatic carbocycles. The first-order valence-corrected chi connectivity index (χ1v) is 17.0. The summed E-state index contributed by atoms with van der Waals surface area (Å²) in [6, 6.07) is 3.72. The average Bonchev–Trinajstić information content (AvgIpc) is 3.76. The lowest BCUT2D eigenvalue weighted by atomic mass is 9.92. The van der Waals surface area contributed by atoms with Crippen LogP contribution in [-0.4, -0.2) is 89.4 Å². The molecule has 3 saturated heterocycles. The van der Waals surface area contributed by atoms with E-state index >= 15 is 8.78 Å². The molecule has 14 heteroatoms. The lowest BCUT2D eigenvalue weighted by Gasteiger charge is -2.33. The smallest absolute Gasteiger partial charge is 0.319 e. The van der Waals surface area contributed by atoms with Crippen LogP contribution in [0.5, 0.6) is 11.8 Å². The molecule has 0 spiro atoms. The van der Waals surface area contributed by atoms with Gasteiger partial charge in [-0.2, -0.15) is 15.2 Å². The highest BCUT2D eigenvalue weighted by Gasteiger charge is 2.49. The van der Waals surface area contributed by atoms with Crippen LogP contribution in [-0.2, 0) is 4.79 Å². The van der Waals surface area contributed by atoms with Crippen molar-refractivity contribution in [3.05, 3.63) is 34.9 Å². The van der Waals surface area contributed by atoms with Crippen LogP contribution in [0.4, 0.5) is 24.0 Å². The minimum atomic E-state index is -0.961. The molecule has 0 bridgehead atoms. The fraction of sp³-hybridized carbons (Fsp3) is 0.471. The number of fused-ring (bicyclic) bond motifs is 2. The van der Waals surface area contributed by atoms with Gasteiger partial charge in [-0.1, -0.05) is 6.07 Å². The fourth-order valence-electron chi connectivity index (χ4n) is 8.30. The molecule has 2 aromatic heterocycles. The van der Waals surface area contributed by atoms with E-state index in [4.69, 9.17) is 20.2 Å². The first-order valence-electron chi connectivity index (χ1n) is 16.2. The fourth-order valence-corrected chi connectivity index (χ4v) is 9.25. The van der Waals surface area contributed by atoms with E-state index in [1.54, 1.807) is 18.9 Å².